The number of fused-ring (bicyclic) bond motifs is 1. The van der Waals surface area contributed by atoms with Gasteiger partial charge >= 0.3 is 6.18 Å². The fourth-order valence-corrected chi connectivity index (χ4v) is 4.97. The first-order valence-corrected chi connectivity index (χ1v) is 11.6. The lowest BCUT2D eigenvalue weighted by Crippen LogP contribution is -2.57. The Morgan fingerprint density at radius 1 is 1.20 bits per heavy atom. The van der Waals surface area contributed by atoms with Gasteiger partial charge in [-0.1, -0.05) is 0 Å². The molecule has 186 valence electrons. The van der Waals surface area contributed by atoms with E-state index in [2.05, 4.69) is 20.6 Å². The van der Waals surface area contributed by atoms with Crippen LogP contribution in [0.5, 0.6) is 0 Å². The number of hydrogen-bond acceptors (Lipinski definition) is 5. The summed E-state index contributed by atoms with van der Waals surface area (Å²) in [5, 5.41) is 7.17. The van der Waals surface area contributed by atoms with Gasteiger partial charge in [-0.3, -0.25) is 4.79 Å². The van der Waals surface area contributed by atoms with Crippen LogP contribution in [0.4, 0.5) is 28.9 Å². The number of rotatable bonds is 6. The third-order valence-corrected chi connectivity index (χ3v) is 7.21. The monoisotopic (exact) mass is 490 g/mol. The van der Waals surface area contributed by atoms with E-state index in [0.29, 0.717) is 47.7 Å². The predicted molar refractivity (Wildman–Crippen MR) is 124 cm³/mol. The Morgan fingerprint density at radius 2 is 1.97 bits per heavy atom. The number of carbonyl (C=O) groups excluding carboxylic acids is 1. The summed E-state index contributed by atoms with van der Waals surface area (Å²) < 4.78 is 59.3. The highest BCUT2D eigenvalue weighted by atomic mass is 19.4. The van der Waals surface area contributed by atoms with Crippen molar-refractivity contribution in [2.45, 2.75) is 51.6 Å². The summed E-state index contributed by atoms with van der Waals surface area (Å²) in [6.45, 7) is 2.10. The van der Waals surface area contributed by atoms with Gasteiger partial charge in [0.25, 0.3) is 0 Å². The van der Waals surface area contributed by atoms with Gasteiger partial charge in [-0.15, -0.1) is 0 Å². The molecule has 2 aromatic heterocycles. The second-order valence-electron chi connectivity index (χ2n) is 9.57. The molecule has 1 aromatic carbocycles. The van der Waals surface area contributed by atoms with E-state index in [1.165, 1.54) is 13.0 Å². The van der Waals surface area contributed by atoms with E-state index in [1.807, 2.05) is 6.07 Å². The Morgan fingerprint density at radius 3 is 2.63 bits per heavy atom. The number of ether oxygens (including phenoxy) is 1. The number of alkyl halides is 3. The Bertz CT molecular complexity index is 1250. The fourth-order valence-electron chi connectivity index (χ4n) is 4.97. The van der Waals surface area contributed by atoms with E-state index in [4.69, 9.17) is 4.74 Å². The number of H-pyrrole nitrogens is 1. The van der Waals surface area contributed by atoms with Crippen LogP contribution < -0.4 is 10.6 Å². The first kappa shape index (κ1) is 23.6. The summed E-state index contributed by atoms with van der Waals surface area (Å²) >= 11 is 0. The predicted octanol–water partition coefficient (Wildman–Crippen LogP) is 6.02. The summed E-state index contributed by atoms with van der Waals surface area (Å²) in [6.07, 6.45) is -1.82. The van der Waals surface area contributed by atoms with Gasteiger partial charge in [0.1, 0.15) is 17.7 Å². The molecule has 1 aliphatic carbocycles. The molecule has 1 aliphatic heterocycles. The standard InChI is InChI=1S/C25H26F4N4O2/c1-14(34)21-10-15-8-19(12-31-22(15)33-21)30-11-16-9-18(2-3-20(16)26)32-23-24(13-35-23)6-4-17(5-7-24)25(27,28)29/h2-3,8-10,12,17,23,30,32H,4-7,11,13H2,1H3,(H,31,33). The van der Waals surface area contributed by atoms with Crippen LogP contribution in [-0.2, 0) is 11.3 Å². The molecule has 5 rings (SSSR count). The number of hydrogen-bond donors (Lipinski definition) is 3. The lowest BCUT2D eigenvalue weighted by Gasteiger charge is -2.53. The molecule has 0 bridgehead atoms. The van der Waals surface area contributed by atoms with E-state index in [9.17, 15) is 22.4 Å². The molecular weight excluding hydrogens is 464 g/mol. The topological polar surface area (TPSA) is 79.0 Å². The number of halogens is 4. The van der Waals surface area contributed by atoms with Crippen molar-refractivity contribution >= 4 is 28.2 Å². The van der Waals surface area contributed by atoms with Crippen molar-refractivity contribution in [3.63, 3.8) is 0 Å². The normalized spacial score (nSPS) is 24.4. The molecule has 1 unspecified atom stereocenters. The molecule has 1 saturated carbocycles. The minimum absolute atomic E-state index is 0.0884. The van der Waals surface area contributed by atoms with E-state index in [1.54, 1.807) is 24.4 Å². The number of Topliss-reactive ketones (excluding diaryl/α,β-unsaturated/α-hetero) is 1. The molecule has 1 spiro atoms. The smallest absolute Gasteiger partial charge is 0.380 e. The van der Waals surface area contributed by atoms with Crippen LogP contribution in [0.15, 0.2) is 36.5 Å². The highest BCUT2D eigenvalue weighted by Gasteiger charge is 2.53. The minimum Gasteiger partial charge on any atom is -0.380 e. The number of pyridine rings is 1. The molecule has 35 heavy (non-hydrogen) atoms. The summed E-state index contributed by atoms with van der Waals surface area (Å²) in [5.41, 5.74) is 2.49. The van der Waals surface area contributed by atoms with Crippen LogP contribution in [0.1, 0.15) is 48.7 Å². The molecule has 10 heteroatoms. The zero-order valence-electron chi connectivity index (χ0n) is 19.1. The molecule has 0 amide bonds. The summed E-state index contributed by atoms with van der Waals surface area (Å²) in [7, 11) is 0. The number of aromatic nitrogens is 2. The van der Waals surface area contributed by atoms with E-state index < -0.39 is 18.3 Å². The summed E-state index contributed by atoms with van der Waals surface area (Å²) in [4.78, 5) is 18.8. The van der Waals surface area contributed by atoms with Gasteiger partial charge in [-0.25, -0.2) is 9.37 Å². The highest BCUT2D eigenvalue weighted by Crippen LogP contribution is 2.51. The third-order valence-electron chi connectivity index (χ3n) is 7.21. The minimum atomic E-state index is -4.15. The number of nitrogens with one attached hydrogen (secondary N) is 3. The SMILES string of the molecule is CC(=O)c1cc2cc(NCc3cc(NC4OCC45CCC(C(F)(F)F)CC5)ccc3F)cnc2[nH]1. The Hall–Kier alpha value is -3.14. The Labute approximate surface area is 199 Å². The zero-order chi connectivity index (χ0) is 24.8. The van der Waals surface area contributed by atoms with Crippen LogP contribution in [0.3, 0.4) is 0 Å². The van der Waals surface area contributed by atoms with Crippen LogP contribution in [0, 0.1) is 17.2 Å². The molecule has 2 fully saturated rings. The van der Waals surface area contributed by atoms with Crippen LogP contribution >= 0.6 is 0 Å². The maximum atomic E-state index is 14.5. The molecule has 3 N–H and O–H groups in total. The fraction of sp³-hybridized carbons (Fsp3) is 0.440. The van der Waals surface area contributed by atoms with Crippen LogP contribution in [0.25, 0.3) is 11.0 Å². The van der Waals surface area contributed by atoms with Gasteiger partial charge in [0.15, 0.2) is 5.78 Å². The van der Waals surface area contributed by atoms with Gasteiger partial charge in [-0.05, 0) is 56.0 Å². The summed E-state index contributed by atoms with van der Waals surface area (Å²) in [5.74, 6) is -1.71. The quantitative estimate of drug-likeness (QED) is 0.291. The van der Waals surface area contributed by atoms with Crippen molar-refractivity contribution in [1.29, 1.82) is 0 Å². The van der Waals surface area contributed by atoms with Crippen LogP contribution in [-0.4, -0.2) is 34.8 Å². The maximum absolute atomic E-state index is 14.5. The lowest BCUT2D eigenvalue weighted by atomic mass is 9.67. The van der Waals surface area contributed by atoms with E-state index in [0.717, 1.165) is 5.39 Å². The molecule has 2 aliphatic rings. The number of benzene rings is 1. The van der Waals surface area contributed by atoms with E-state index >= 15 is 0 Å². The highest BCUT2D eigenvalue weighted by molar-refractivity contribution is 5.97. The van der Waals surface area contributed by atoms with Gasteiger partial charge < -0.3 is 20.4 Å². The second-order valence-corrected chi connectivity index (χ2v) is 9.57. The van der Waals surface area contributed by atoms with Crippen molar-refractivity contribution in [3.05, 3.63) is 53.6 Å². The van der Waals surface area contributed by atoms with Crippen molar-refractivity contribution in [2.75, 3.05) is 17.2 Å². The Kier molecular flexibility index (Phi) is 5.94. The number of anilines is 2. The first-order chi connectivity index (χ1) is 16.6. The number of ketones is 1. The molecule has 3 heterocycles. The molecule has 6 nitrogen and oxygen atoms in total. The molecule has 0 radical (unpaired) electrons. The molecule has 1 atom stereocenters. The van der Waals surface area contributed by atoms with Crippen LogP contribution in [0.2, 0.25) is 0 Å². The first-order valence-electron chi connectivity index (χ1n) is 11.6. The number of nitrogens with zero attached hydrogens (tertiary/aromatic N) is 1. The van der Waals surface area contributed by atoms with Gasteiger partial charge in [-0.2, -0.15) is 13.2 Å². The van der Waals surface area contributed by atoms with Crippen molar-refractivity contribution < 1.29 is 27.1 Å². The van der Waals surface area contributed by atoms with Gasteiger partial charge in [0.05, 0.1) is 30.1 Å². The molecular formula is C25H26F4N4O2. The molecule has 3 aromatic rings. The van der Waals surface area contributed by atoms with Crippen molar-refractivity contribution in [1.82, 2.24) is 9.97 Å². The average Bonchev–Trinajstić information content (AvgIpc) is 3.25. The number of aromatic amines is 1. The molecule has 1 saturated heterocycles. The van der Waals surface area contributed by atoms with Crippen molar-refractivity contribution in [3.8, 4) is 0 Å². The Balaban J connectivity index is 1.23. The average molecular weight is 491 g/mol. The second kappa shape index (κ2) is 8.82. The van der Waals surface area contributed by atoms with Gasteiger partial charge in [0.2, 0.25) is 0 Å². The largest absolute Gasteiger partial charge is 0.391 e. The maximum Gasteiger partial charge on any atom is 0.391 e. The third kappa shape index (κ3) is 4.71. The van der Waals surface area contributed by atoms with E-state index in [-0.39, 0.29) is 36.4 Å². The number of carbonyl (C=O) groups is 1. The lowest BCUT2D eigenvalue weighted by molar-refractivity contribution is -0.226. The summed E-state index contributed by atoms with van der Waals surface area (Å²) in [6, 6.07) is 8.19. The zero-order valence-corrected chi connectivity index (χ0v) is 19.1. The van der Waals surface area contributed by atoms with Crippen molar-refractivity contribution in [2.24, 2.45) is 11.3 Å². The van der Waals surface area contributed by atoms with Gasteiger partial charge in [0, 0.05) is 35.5 Å².